The van der Waals surface area contributed by atoms with Crippen molar-refractivity contribution < 1.29 is 4.74 Å². The third-order valence-corrected chi connectivity index (χ3v) is 5.00. The van der Waals surface area contributed by atoms with E-state index in [2.05, 4.69) is 4.90 Å². The highest BCUT2D eigenvalue weighted by Gasteiger charge is 2.32. The number of nitrogens with zero attached hydrogens (tertiary/aromatic N) is 3. The van der Waals surface area contributed by atoms with Crippen LogP contribution in [0.5, 0.6) is 0 Å². The third-order valence-electron chi connectivity index (χ3n) is 5.00. The van der Waals surface area contributed by atoms with Gasteiger partial charge in [-0.25, -0.2) is 4.98 Å². The van der Waals surface area contributed by atoms with Gasteiger partial charge in [0, 0.05) is 26.2 Å². The van der Waals surface area contributed by atoms with Gasteiger partial charge in [0.25, 0.3) is 5.56 Å². The summed E-state index contributed by atoms with van der Waals surface area (Å²) in [7, 11) is 1.83. The van der Waals surface area contributed by atoms with Crippen LogP contribution in [-0.2, 0) is 18.3 Å². The molecule has 0 bridgehead atoms. The Morgan fingerprint density at radius 3 is 2.87 bits per heavy atom. The zero-order valence-corrected chi connectivity index (χ0v) is 13.6. The molecule has 2 aliphatic rings. The van der Waals surface area contributed by atoms with Crippen molar-refractivity contribution in [1.82, 2.24) is 14.5 Å². The second-order valence-corrected chi connectivity index (χ2v) is 6.80. The Labute approximate surface area is 135 Å². The van der Waals surface area contributed by atoms with Gasteiger partial charge in [-0.15, -0.1) is 0 Å². The van der Waals surface area contributed by atoms with Gasteiger partial charge >= 0.3 is 0 Å². The molecular weight excluding hydrogens is 290 g/mol. The van der Waals surface area contributed by atoms with Crippen LogP contribution in [0.3, 0.4) is 0 Å². The lowest BCUT2D eigenvalue weighted by atomic mass is 10.1. The summed E-state index contributed by atoms with van der Waals surface area (Å²) in [6, 6.07) is 8.25. The number of hydrogen-bond acceptors (Lipinski definition) is 4. The SMILES string of the molecule is Cn1c(CN(CC2CCOC2)C2CC2)nc2ccccc2c1=O. The molecule has 2 aromatic rings. The second-order valence-electron chi connectivity index (χ2n) is 6.80. The van der Waals surface area contributed by atoms with E-state index < -0.39 is 0 Å². The Morgan fingerprint density at radius 1 is 1.30 bits per heavy atom. The smallest absolute Gasteiger partial charge is 0.261 e. The van der Waals surface area contributed by atoms with Gasteiger partial charge in [-0.1, -0.05) is 12.1 Å². The van der Waals surface area contributed by atoms with Crippen molar-refractivity contribution in [3.63, 3.8) is 0 Å². The molecule has 0 amide bonds. The molecule has 1 atom stereocenters. The van der Waals surface area contributed by atoms with Crippen molar-refractivity contribution in [2.75, 3.05) is 19.8 Å². The van der Waals surface area contributed by atoms with Gasteiger partial charge in [0.15, 0.2) is 0 Å². The summed E-state index contributed by atoms with van der Waals surface area (Å²) in [5.74, 6) is 1.48. The lowest BCUT2D eigenvalue weighted by Crippen LogP contribution is -2.34. The van der Waals surface area contributed by atoms with Crippen LogP contribution >= 0.6 is 0 Å². The monoisotopic (exact) mass is 313 g/mol. The standard InChI is InChI=1S/C18H23N3O2/c1-20-17(19-16-5-3-2-4-15(16)18(20)22)11-21(14-6-7-14)10-13-8-9-23-12-13/h2-5,13-14H,6-12H2,1H3. The minimum Gasteiger partial charge on any atom is -0.381 e. The molecule has 5 heteroatoms. The average Bonchev–Trinajstić information content (AvgIpc) is 3.29. The summed E-state index contributed by atoms with van der Waals surface area (Å²) in [6.07, 6.45) is 3.66. The molecule has 0 N–H and O–H groups in total. The molecule has 4 rings (SSSR count). The molecule has 23 heavy (non-hydrogen) atoms. The minimum atomic E-state index is 0.0468. The molecule has 1 aromatic carbocycles. The highest BCUT2D eigenvalue weighted by Crippen LogP contribution is 2.30. The molecule has 1 saturated carbocycles. The Morgan fingerprint density at radius 2 is 2.13 bits per heavy atom. The highest BCUT2D eigenvalue weighted by atomic mass is 16.5. The fourth-order valence-electron chi connectivity index (χ4n) is 3.43. The lowest BCUT2D eigenvalue weighted by Gasteiger charge is -2.25. The van der Waals surface area contributed by atoms with E-state index >= 15 is 0 Å². The Bertz CT molecular complexity index is 760. The maximum Gasteiger partial charge on any atom is 0.261 e. The summed E-state index contributed by atoms with van der Waals surface area (Å²) < 4.78 is 7.22. The van der Waals surface area contributed by atoms with E-state index in [-0.39, 0.29) is 5.56 Å². The van der Waals surface area contributed by atoms with E-state index in [1.54, 1.807) is 4.57 Å². The maximum atomic E-state index is 12.5. The topological polar surface area (TPSA) is 47.4 Å². The molecule has 1 saturated heterocycles. The van der Waals surface area contributed by atoms with Gasteiger partial charge in [-0.2, -0.15) is 0 Å². The highest BCUT2D eigenvalue weighted by molar-refractivity contribution is 5.77. The molecule has 1 aliphatic heterocycles. The fourth-order valence-corrected chi connectivity index (χ4v) is 3.43. The van der Waals surface area contributed by atoms with Crippen LogP contribution in [-0.4, -0.2) is 40.3 Å². The fraction of sp³-hybridized carbons (Fsp3) is 0.556. The zero-order chi connectivity index (χ0) is 15.8. The molecule has 5 nitrogen and oxygen atoms in total. The first kappa shape index (κ1) is 14.8. The van der Waals surface area contributed by atoms with E-state index in [4.69, 9.17) is 9.72 Å². The molecule has 0 radical (unpaired) electrons. The van der Waals surface area contributed by atoms with E-state index in [0.717, 1.165) is 44.1 Å². The quantitative estimate of drug-likeness (QED) is 0.846. The van der Waals surface area contributed by atoms with Crippen molar-refractivity contribution in [1.29, 1.82) is 0 Å². The third kappa shape index (κ3) is 3.03. The molecule has 1 unspecified atom stereocenters. The van der Waals surface area contributed by atoms with Crippen LogP contribution in [0.1, 0.15) is 25.1 Å². The van der Waals surface area contributed by atoms with Gasteiger partial charge < -0.3 is 4.74 Å². The summed E-state index contributed by atoms with van der Waals surface area (Å²) >= 11 is 0. The molecule has 122 valence electrons. The van der Waals surface area contributed by atoms with E-state index in [1.165, 1.54) is 12.8 Å². The van der Waals surface area contributed by atoms with Gasteiger partial charge in [0.05, 0.1) is 24.1 Å². The predicted octanol–water partition coefficient (Wildman–Crippen LogP) is 1.93. The van der Waals surface area contributed by atoms with Crippen LogP contribution in [0.15, 0.2) is 29.1 Å². The van der Waals surface area contributed by atoms with Crippen molar-refractivity contribution >= 4 is 10.9 Å². The van der Waals surface area contributed by atoms with Crippen LogP contribution in [0, 0.1) is 5.92 Å². The van der Waals surface area contributed by atoms with Crippen LogP contribution in [0.25, 0.3) is 10.9 Å². The summed E-state index contributed by atoms with van der Waals surface area (Å²) in [5, 5.41) is 0.695. The number of aromatic nitrogens is 2. The van der Waals surface area contributed by atoms with Crippen molar-refractivity contribution in [2.24, 2.45) is 13.0 Å². The molecule has 0 spiro atoms. The van der Waals surface area contributed by atoms with Crippen LogP contribution in [0.4, 0.5) is 0 Å². The first-order valence-corrected chi connectivity index (χ1v) is 8.49. The van der Waals surface area contributed by atoms with Crippen molar-refractivity contribution in [3.8, 4) is 0 Å². The number of fused-ring (bicyclic) bond motifs is 1. The number of benzene rings is 1. The van der Waals surface area contributed by atoms with Crippen molar-refractivity contribution in [3.05, 3.63) is 40.4 Å². The number of ether oxygens (including phenoxy) is 1. The largest absolute Gasteiger partial charge is 0.381 e. The van der Waals surface area contributed by atoms with E-state index in [0.29, 0.717) is 17.3 Å². The van der Waals surface area contributed by atoms with Gasteiger partial charge in [-0.3, -0.25) is 14.3 Å². The first-order valence-electron chi connectivity index (χ1n) is 8.49. The van der Waals surface area contributed by atoms with Crippen LogP contribution in [0.2, 0.25) is 0 Å². The minimum absolute atomic E-state index is 0.0468. The predicted molar refractivity (Wildman–Crippen MR) is 89.3 cm³/mol. The maximum absolute atomic E-state index is 12.5. The van der Waals surface area contributed by atoms with E-state index in [1.807, 2.05) is 31.3 Å². The van der Waals surface area contributed by atoms with Gasteiger partial charge in [0.2, 0.25) is 0 Å². The Hall–Kier alpha value is -1.72. The number of para-hydroxylation sites is 1. The lowest BCUT2D eigenvalue weighted by molar-refractivity contribution is 0.159. The van der Waals surface area contributed by atoms with Gasteiger partial charge in [0.1, 0.15) is 5.82 Å². The number of rotatable bonds is 5. The number of hydrogen-bond donors (Lipinski definition) is 0. The Kier molecular flexibility index (Phi) is 3.91. The van der Waals surface area contributed by atoms with Crippen LogP contribution < -0.4 is 5.56 Å². The molecule has 1 aliphatic carbocycles. The zero-order valence-electron chi connectivity index (χ0n) is 13.6. The summed E-state index contributed by atoms with van der Waals surface area (Å²) in [6.45, 7) is 3.55. The average molecular weight is 313 g/mol. The summed E-state index contributed by atoms with van der Waals surface area (Å²) in [5.41, 5.74) is 0.844. The second kappa shape index (κ2) is 6.06. The molecular formula is C18H23N3O2. The molecule has 2 heterocycles. The molecule has 1 aromatic heterocycles. The molecule has 2 fully saturated rings. The normalized spacial score (nSPS) is 21.4. The van der Waals surface area contributed by atoms with E-state index in [9.17, 15) is 4.79 Å². The summed E-state index contributed by atoms with van der Waals surface area (Å²) in [4.78, 5) is 19.8. The van der Waals surface area contributed by atoms with Crippen molar-refractivity contribution in [2.45, 2.75) is 31.8 Å². The Balaban J connectivity index is 1.62. The first-order chi connectivity index (χ1) is 11.2. The van der Waals surface area contributed by atoms with Gasteiger partial charge in [-0.05, 0) is 37.3 Å².